The number of carbonyl (C=O) groups is 1. The summed E-state index contributed by atoms with van der Waals surface area (Å²) >= 11 is 7.88. The third-order valence-electron chi connectivity index (χ3n) is 4.49. The first-order chi connectivity index (χ1) is 14.6. The molecule has 1 aliphatic heterocycles. The number of hydrogen-bond acceptors (Lipinski definition) is 5. The second-order valence-corrected chi connectivity index (χ2v) is 7.95. The Morgan fingerprint density at radius 1 is 1.07 bits per heavy atom. The van der Waals surface area contributed by atoms with Crippen LogP contribution in [0.4, 0.5) is 5.69 Å². The number of thioether (sulfide) groups is 1. The van der Waals surface area contributed by atoms with E-state index >= 15 is 0 Å². The van der Waals surface area contributed by atoms with Crippen LogP contribution in [-0.2, 0) is 5.75 Å². The fourth-order valence-electron chi connectivity index (χ4n) is 2.97. The van der Waals surface area contributed by atoms with Gasteiger partial charge in [0.1, 0.15) is 13.2 Å². The number of hydrogen-bond donors (Lipinski definition) is 1. The lowest BCUT2D eigenvalue weighted by atomic mass is 10.2. The molecule has 1 N–H and O–H groups in total. The fraction of sp³-hybridized carbons (Fsp3) is 0.130. The summed E-state index contributed by atoms with van der Waals surface area (Å²) in [6, 6.07) is 20.3. The summed E-state index contributed by atoms with van der Waals surface area (Å²) in [4.78, 5) is 13.8. The number of halogens is 1. The number of fused-ring (bicyclic) bond motifs is 1. The molecule has 0 saturated carbocycles. The standard InChI is InChI=1S/C23H17ClN2O3S/c24-18-11-20-21(29-10-9-28-20)12-19(18)26-23(27)17-3-1-2-4-22(17)30-14-16-7-5-15(13-25)6-8-16/h1-8,11-12H,9-10,14H2,(H,26,27). The van der Waals surface area contributed by atoms with Crippen LogP contribution in [0.25, 0.3) is 0 Å². The van der Waals surface area contributed by atoms with E-state index in [9.17, 15) is 4.79 Å². The highest BCUT2D eigenvalue weighted by atomic mass is 35.5. The first-order valence-corrected chi connectivity index (χ1v) is 10.6. The van der Waals surface area contributed by atoms with Gasteiger partial charge in [0, 0.05) is 22.8 Å². The Bertz CT molecular complexity index is 1130. The second-order valence-electron chi connectivity index (χ2n) is 6.52. The van der Waals surface area contributed by atoms with E-state index in [0.29, 0.717) is 52.3 Å². The van der Waals surface area contributed by atoms with Crippen LogP contribution in [0.1, 0.15) is 21.5 Å². The SMILES string of the molecule is N#Cc1ccc(CSc2ccccc2C(=O)Nc2cc3c(cc2Cl)OCCO3)cc1. The maximum atomic E-state index is 13.0. The molecule has 0 saturated heterocycles. The molecule has 3 aromatic carbocycles. The van der Waals surface area contributed by atoms with E-state index in [2.05, 4.69) is 11.4 Å². The van der Waals surface area contributed by atoms with E-state index in [4.69, 9.17) is 26.3 Å². The number of carbonyl (C=O) groups excluding carboxylic acids is 1. The zero-order chi connectivity index (χ0) is 20.9. The van der Waals surface area contributed by atoms with Gasteiger partial charge in [-0.15, -0.1) is 11.8 Å². The van der Waals surface area contributed by atoms with Crippen molar-refractivity contribution in [1.82, 2.24) is 0 Å². The van der Waals surface area contributed by atoms with Gasteiger partial charge in [-0.2, -0.15) is 5.26 Å². The largest absolute Gasteiger partial charge is 0.486 e. The van der Waals surface area contributed by atoms with E-state index in [1.54, 1.807) is 42.1 Å². The molecular formula is C23H17ClN2O3S. The Morgan fingerprint density at radius 3 is 2.50 bits per heavy atom. The Hall–Kier alpha value is -3.14. The van der Waals surface area contributed by atoms with Crippen LogP contribution in [0.2, 0.25) is 5.02 Å². The predicted molar refractivity (Wildman–Crippen MR) is 118 cm³/mol. The third-order valence-corrected chi connectivity index (χ3v) is 5.95. The zero-order valence-corrected chi connectivity index (χ0v) is 17.4. The molecule has 0 aliphatic carbocycles. The lowest BCUT2D eigenvalue weighted by Gasteiger charge is -2.20. The molecule has 7 heteroatoms. The van der Waals surface area contributed by atoms with Crippen LogP contribution >= 0.6 is 23.4 Å². The summed E-state index contributed by atoms with van der Waals surface area (Å²) in [5.41, 5.74) is 2.73. The highest BCUT2D eigenvalue weighted by Gasteiger charge is 2.18. The van der Waals surface area contributed by atoms with Gasteiger partial charge in [-0.05, 0) is 29.8 Å². The first-order valence-electron chi connectivity index (χ1n) is 9.25. The third kappa shape index (κ3) is 4.54. The quantitative estimate of drug-likeness (QED) is 0.532. The molecule has 0 atom stereocenters. The predicted octanol–water partition coefficient (Wildman–Crippen LogP) is 5.53. The molecule has 30 heavy (non-hydrogen) atoms. The summed E-state index contributed by atoms with van der Waals surface area (Å²) < 4.78 is 11.1. The van der Waals surface area contributed by atoms with E-state index in [1.165, 1.54) is 0 Å². The minimum absolute atomic E-state index is 0.253. The van der Waals surface area contributed by atoms with E-state index in [0.717, 1.165) is 10.5 Å². The lowest BCUT2D eigenvalue weighted by Crippen LogP contribution is -2.17. The molecule has 0 aromatic heterocycles. The average molecular weight is 437 g/mol. The van der Waals surface area contributed by atoms with Crippen LogP contribution in [0.15, 0.2) is 65.6 Å². The molecule has 0 unspecified atom stereocenters. The highest BCUT2D eigenvalue weighted by Crippen LogP contribution is 2.38. The van der Waals surface area contributed by atoms with Crippen LogP contribution in [0, 0.1) is 11.3 Å². The van der Waals surface area contributed by atoms with Gasteiger partial charge in [-0.3, -0.25) is 4.79 Å². The summed E-state index contributed by atoms with van der Waals surface area (Å²) in [7, 11) is 0. The molecule has 1 amide bonds. The number of nitrogens with one attached hydrogen (secondary N) is 1. The summed E-state index contributed by atoms with van der Waals surface area (Å²) in [6.07, 6.45) is 0. The Kier molecular flexibility index (Phi) is 6.12. The molecule has 4 rings (SSSR count). The number of anilines is 1. The molecular weight excluding hydrogens is 420 g/mol. The smallest absolute Gasteiger partial charge is 0.256 e. The zero-order valence-electron chi connectivity index (χ0n) is 15.9. The molecule has 150 valence electrons. The van der Waals surface area contributed by atoms with Crippen molar-refractivity contribution in [2.45, 2.75) is 10.6 Å². The van der Waals surface area contributed by atoms with Crippen molar-refractivity contribution in [1.29, 1.82) is 5.26 Å². The minimum atomic E-state index is -0.253. The minimum Gasteiger partial charge on any atom is -0.486 e. The molecule has 5 nitrogen and oxygen atoms in total. The van der Waals surface area contributed by atoms with Crippen LogP contribution in [0.5, 0.6) is 11.5 Å². The average Bonchev–Trinajstić information content (AvgIpc) is 2.78. The molecule has 0 spiro atoms. The topological polar surface area (TPSA) is 71.4 Å². The normalized spacial score (nSPS) is 12.1. The van der Waals surface area contributed by atoms with Gasteiger partial charge < -0.3 is 14.8 Å². The Balaban J connectivity index is 1.50. The number of nitriles is 1. The van der Waals surface area contributed by atoms with E-state index in [1.807, 2.05) is 30.3 Å². The van der Waals surface area contributed by atoms with Gasteiger partial charge in [-0.1, -0.05) is 35.9 Å². The molecule has 0 bridgehead atoms. The van der Waals surface area contributed by atoms with E-state index < -0.39 is 0 Å². The number of nitrogens with zero attached hydrogens (tertiary/aromatic N) is 1. The van der Waals surface area contributed by atoms with Crippen molar-refractivity contribution >= 4 is 35.0 Å². The van der Waals surface area contributed by atoms with Gasteiger partial charge >= 0.3 is 0 Å². The van der Waals surface area contributed by atoms with Crippen LogP contribution in [0.3, 0.4) is 0 Å². The van der Waals surface area contributed by atoms with Crippen molar-refractivity contribution in [2.24, 2.45) is 0 Å². The van der Waals surface area contributed by atoms with Gasteiger partial charge in [0.2, 0.25) is 0 Å². The van der Waals surface area contributed by atoms with Crippen molar-refractivity contribution in [3.63, 3.8) is 0 Å². The monoisotopic (exact) mass is 436 g/mol. The van der Waals surface area contributed by atoms with Crippen LogP contribution < -0.4 is 14.8 Å². The van der Waals surface area contributed by atoms with Crippen molar-refractivity contribution < 1.29 is 14.3 Å². The highest BCUT2D eigenvalue weighted by molar-refractivity contribution is 7.98. The van der Waals surface area contributed by atoms with Crippen molar-refractivity contribution in [3.05, 3.63) is 82.4 Å². The number of ether oxygens (including phenoxy) is 2. The fourth-order valence-corrected chi connectivity index (χ4v) is 4.17. The van der Waals surface area contributed by atoms with Crippen LogP contribution in [-0.4, -0.2) is 19.1 Å². The first kappa shape index (κ1) is 20.1. The van der Waals surface area contributed by atoms with Gasteiger partial charge in [0.15, 0.2) is 11.5 Å². The van der Waals surface area contributed by atoms with Gasteiger partial charge in [-0.25, -0.2) is 0 Å². The molecule has 1 heterocycles. The summed E-state index contributed by atoms with van der Waals surface area (Å²) in [5, 5.41) is 12.2. The van der Waals surface area contributed by atoms with Gasteiger partial charge in [0.05, 0.1) is 27.9 Å². The molecule has 3 aromatic rings. The summed E-state index contributed by atoms with van der Waals surface area (Å²) in [5.74, 6) is 1.56. The number of amides is 1. The number of rotatable bonds is 5. The Morgan fingerprint density at radius 2 is 1.77 bits per heavy atom. The van der Waals surface area contributed by atoms with Gasteiger partial charge in [0.25, 0.3) is 5.91 Å². The molecule has 1 aliphatic rings. The maximum Gasteiger partial charge on any atom is 0.256 e. The molecule has 0 radical (unpaired) electrons. The molecule has 0 fully saturated rings. The van der Waals surface area contributed by atoms with Crippen molar-refractivity contribution in [2.75, 3.05) is 18.5 Å². The lowest BCUT2D eigenvalue weighted by molar-refractivity contribution is 0.102. The number of benzene rings is 3. The maximum absolute atomic E-state index is 13.0. The second kappa shape index (κ2) is 9.12. The van der Waals surface area contributed by atoms with Crippen molar-refractivity contribution in [3.8, 4) is 17.6 Å². The van der Waals surface area contributed by atoms with E-state index in [-0.39, 0.29) is 5.91 Å². The summed E-state index contributed by atoms with van der Waals surface area (Å²) in [6.45, 7) is 0.926. The Labute approximate surface area is 183 Å².